The number of amides is 10. The van der Waals surface area contributed by atoms with Crippen molar-refractivity contribution in [2.75, 3.05) is 19.7 Å². The molecule has 0 saturated carbocycles. The Hall–Kier alpha value is -7.74. The molecular formula is C43H74N14O18. The van der Waals surface area contributed by atoms with Gasteiger partial charge in [0, 0.05) is 13.0 Å². The van der Waals surface area contributed by atoms with Crippen LogP contribution in [0.1, 0.15) is 92.9 Å². The fourth-order valence-electron chi connectivity index (χ4n) is 6.57. The molecule has 22 N–H and O–H groups in total. The molecule has 0 aliphatic rings. The van der Waals surface area contributed by atoms with Crippen LogP contribution in [0.4, 0.5) is 0 Å². The first-order valence-corrected chi connectivity index (χ1v) is 23.7. The Bertz CT molecular complexity index is 2070. The molecule has 0 aromatic heterocycles. The molecule has 12 atom stereocenters. The van der Waals surface area contributed by atoms with Gasteiger partial charge in [0.1, 0.15) is 54.4 Å². The van der Waals surface area contributed by atoms with E-state index in [-0.39, 0.29) is 38.2 Å². The van der Waals surface area contributed by atoms with E-state index < -0.39 is 188 Å². The van der Waals surface area contributed by atoms with E-state index in [2.05, 4.69) is 47.5 Å². The fraction of sp³-hybridized carbons (Fsp3) is 0.674. The predicted molar refractivity (Wildman–Crippen MR) is 260 cm³/mol. The SMILES string of the molecule is CC[C@H](C)[C@H](NC(=O)[C@H](C)NC(=O)[C@H](CCCN=C(N)N)NC(=O)[C@H](CO)NC(=O)CN)C(=O)N[C@@H](CC(=O)O)C(=O)N[C@H](C(=O)N[C@@H](CCC(=O)O)C(=O)N[C@H](C(=O)N[C@@H](CC(N)=O)C(=O)O)[C@@H](C)O)[C@@H](C)CC. The van der Waals surface area contributed by atoms with Crippen molar-refractivity contribution in [3.05, 3.63) is 0 Å². The molecule has 0 spiro atoms. The number of rotatable bonds is 36. The summed E-state index contributed by atoms with van der Waals surface area (Å²) in [5, 5.41) is 69.0. The number of hydrogen-bond acceptors (Lipinski definition) is 17. The Morgan fingerprint density at radius 1 is 0.507 bits per heavy atom. The van der Waals surface area contributed by atoms with E-state index in [1.807, 2.05) is 5.32 Å². The zero-order valence-corrected chi connectivity index (χ0v) is 42.5. The summed E-state index contributed by atoms with van der Waals surface area (Å²) in [5.41, 5.74) is 21.0. The second kappa shape index (κ2) is 33.9. The topological polar surface area (TPSA) is 548 Å². The second-order valence-electron chi connectivity index (χ2n) is 17.4. The molecule has 32 nitrogen and oxygen atoms in total. The van der Waals surface area contributed by atoms with Gasteiger partial charge in [0.15, 0.2) is 5.96 Å². The number of aliphatic hydroxyl groups is 2. The molecule has 75 heavy (non-hydrogen) atoms. The minimum Gasteiger partial charge on any atom is -0.481 e. The van der Waals surface area contributed by atoms with Crippen LogP contribution in [0, 0.1) is 11.8 Å². The van der Waals surface area contributed by atoms with E-state index in [9.17, 15) is 87.9 Å². The van der Waals surface area contributed by atoms with Crippen molar-refractivity contribution >= 4 is 82.9 Å². The number of nitrogens with one attached hydrogen (secondary N) is 9. The average molecular weight is 1080 g/mol. The smallest absolute Gasteiger partial charge is 0.326 e. The van der Waals surface area contributed by atoms with Crippen LogP contribution < -0.4 is 70.8 Å². The van der Waals surface area contributed by atoms with Crippen LogP contribution in [0.15, 0.2) is 4.99 Å². The molecule has 0 radical (unpaired) electrons. The first-order valence-electron chi connectivity index (χ1n) is 23.7. The largest absolute Gasteiger partial charge is 0.481 e. The number of nitrogens with zero attached hydrogens (tertiary/aromatic N) is 1. The number of nitrogens with two attached hydrogens (primary N) is 4. The highest BCUT2D eigenvalue weighted by molar-refractivity contribution is 5.99. The number of carboxylic acid groups (broad SMARTS) is 3. The highest BCUT2D eigenvalue weighted by atomic mass is 16.4. The summed E-state index contributed by atoms with van der Waals surface area (Å²) >= 11 is 0. The van der Waals surface area contributed by atoms with E-state index in [0.29, 0.717) is 0 Å². The molecular weight excluding hydrogens is 1000 g/mol. The van der Waals surface area contributed by atoms with E-state index in [0.717, 1.165) is 6.92 Å². The van der Waals surface area contributed by atoms with Crippen molar-refractivity contribution in [1.82, 2.24) is 47.9 Å². The summed E-state index contributed by atoms with van der Waals surface area (Å²) in [4.78, 5) is 171. The van der Waals surface area contributed by atoms with Gasteiger partial charge in [0.05, 0.1) is 32.1 Å². The van der Waals surface area contributed by atoms with Crippen LogP contribution in [-0.2, 0) is 62.3 Å². The zero-order valence-electron chi connectivity index (χ0n) is 42.5. The number of hydrogen-bond donors (Lipinski definition) is 18. The van der Waals surface area contributed by atoms with Crippen LogP contribution in [0.25, 0.3) is 0 Å². The summed E-state index contributed by atoms with van der Waals surface area (Å²) < 4.78 is 0. The Morgan fingerprint density at radius 3 is 1.40 bits per heavy atom. The molecule has 0 rings (SSSR count). The highest BCUT2D eigenvalue weighted by Gasteiger charge is 2.38. The summed E-state index contributed by atoms with van der Waals surface area (Å²) in [5.74, 6) is -17.4. The minimum atomic E-state index is -1.95. The number of carbonyl (C=O) groups is 13. The lowest BCUT2D eigenvalue weighted by molar-refractivity contribution is -0.144. The molecule has 0 aromatic rings. The standard InChI is InChI=1S/C43H74N14O18/c1-7-18(3)31(55-34(66)20(5)49-35(67)22(10-9-13-48-43(46)47)51-38(70)26(17-58)50-28(61)16-44)40(72)53-24(15-30(64)65)37(69)56-32(19(4)8-2)39(71)52-23(11-12-29(62)63)36(68)57-33(21(6)59)41(73)54-25(42(74)75)14-27(45)60/h18-26,31-33,58-59H,7-17,44H2,1-6H3,(H2,45,60)(H,49,67)(H,50,61)(H,51,70)(H,52,71)(H,53,72)(H,54,73)(H,55,66)(H,56,69)(H,57,68)(H,62,63)(H,64,65)(H,74,75)(H4,46,47,48)/t18-,19-,20-,21+,22-,23-,24-,25-,26-,31-,32-,33-/m0/s1. The summed E-state index contributed by atoms with van der Waals surface area (Å²) in [6.45, 7) is 7.06. The van der Waals surface area contributed by atoms with E-state index in [1.54, 1.807) is 13.8 Å². The van der Waals surface area contributed by atoms with Gasteiger partial charge in [-0.2, -0.15) is 0 Å². The lowest BCUT2D eigenvalue weighted by Crippen LogP contribution is -2.62. The molecule has 424 valence electrons. The van der Waals surface area contributed by atoms with Crippen molar-refractivity contribution in [2.24, 2.45) is 39.8 Å². The normalized spacial score (nSPS) is 15.7. The number of carboxylic acids is 3. The Morgan fingerprint density at radius 2 is 0.947 bits per heavy atom. The van der Waals surface area contributed by atoms with E-state index in [4.69, 9.17) is 22.9 Å². The summed E-state index contributed by atoms with van der Waals surface area (Å²) in [6.07, 6.45) is -4.79. The summed E-state index contributed by atoms with van der Waals surface area (Å²) in [7, 11) is 0. The quantitative estimate of drug-likeness (QED) is 0.0157. The highest BCUT2D eigenvalue weighted by Crippen LogP contribution is 2.13. The lowest BCUT2D eigenvalue weighted by atomic mass is 9.96. The van der Waals surface area contributed by atoms with Gasteiger partial charge in [-0.15, -0.1) is 0 Å². The number of aliphatic hydroxyl groups excluding tert-OH is 2. The van der Waals surface area contributed by atoms with Gasteiger partial charge in [0.25, 0.3) is 0 Å². The molecule has 0 aliphatic carbocycles. The maximum absolute atomic E-state index is 13.9. The molecule has 0 heterocycles. The van der Waals surface area contributed by atoms with Crippen LogP contribution in [0.5, 0.6) is 0 Å². The summed E-state index contributed by atoms with van der Waals surface area (Å²) in [6, 6.07) is -15.1. The van der Waals surface area contributed by atoms with Crippen molar-refractivity contribution in [3.63, 3.8) is 0 Å². The molecule has 0 aromatic carbocycles. The molecule has 32 heteroatoms. The maximum atomic E-state index is 13.9. The van der Waals surface area contributed by atoms with Gasteiger partial charge in [-0.1, -0.05) is 40.5 Å². The first-order chi connectivity index (χ1) is 34.9. The van der Waals surface area contributed by atoms with Crippen molar-refractivity contribution in [1.29, 1.82) is 0 Å². The van der Waals surface area contributed by atoms with Gasteiger partial charge >= 0.3 is 17.9 Å². The number of guanidine groups is 1. The Labute approximate surface area is 430 Å². The molecule has 0 fully saturated rings. The van der Waals surface area contributed by atoms with Crippen LogP contribution >= 0.6 is 0 Å². The monoisotopic (exact) mass is 1070 g/mol. The molecule has 0 bridgehead atoms. The molecule has 0 aliphatic heterocycles. The van der Waals surface area contributed by atoms with Crippen LogP contribution in [0.3, 0.4) is 0 Å². The number of aliphatic carboxylic acids is 3. The van der Waals surface area contributed by atoms with Crippen molar-refractivity contribution in [3.8, 4) is 0 Å². The molecule has 0 unspecified atom stereocenters. The third-order valence-corrected chi connectivity index (χ3v) is 11.3. The van der Waals surface area contributed by atoms with Gasteiger partial charge in [-0.25, -0.2) is 4.79 Å². The minimum absolute atomic E-state index is 0.00905. The second-order valence-corrected chi connectivity index (χ2v) is 17.4. The Balaban J connectivity index is 6.61. The zero-order chi connectivity index (χ0) is 57.9. The average Bonchev–Trinajstić information content (AvgIpc) is 3.33. The molecule has 10 amide bonds. The van der Waals surface area contributed by atoms with Crippen molar-refractivity contribution in [2.45, 2.75) is 153 Å². The maximum Gasteiger partial charge on any atom is 0.326 e. The van der Waals surface area contributed by atoms with Gasteiger partial charge in [0.2, 0.25) is 59.1 Å². The van der Waals surface area contributed by atoms with Crippen LogP contribution in [-0.4, -0.2) is 189 Å². The fourth-order valence-corrected chi connectivity index (χ4v) is 6.57. The number of primary amides is 1. The predicted octanol–water partition coefficient (Wildman–Crippen LogP) is -7.85. The van der Waals surface area contributed by atoms with Crippen LogP contribution in [0.2, 0.25) is 0 Å². The van der Waals surface area contributed by atoms with Crippen molar-refractivity contribution < 1.29 is 87.9 Å². The number of aliphatic imine (C=N–C) groups is 1. The van der Waals surface area contributed by atoms with Gasteiger partial charge in [-0.3, -0.25) is 62.5 Å². The third-order valence-electron chi connectivity index (χ3n) is 11.3. The van der Waals surface area contributed by atoms with Gasteiger partial charge in [-0.05, 0) is 44.9 Å². The van der Waals surface area contributed by atoms with E-state index in [1.165, 1.54) is 20.8 Å². The molecule has 0 saturated heterocycles. The first kappa shape index (κ1) is 67.3. The lowest BCUT2D eigenvalue weighted by Gasteiger charge is -2.30. The number of carbonyl (C=O) groups excluding carboxylic acids is 10. The van der Waals surface area contributed by atoms with E-state index >= 15 is 0 Å². The third kappa shape index (κ3) is 25.2. The van der Waals surface area contributed by atoms with Gasteiger partial charge < -0.3 is 96.3 Å². The Kier molecular flexibility index (Phi) is 30.4.